The van der Waals surface area contributed by atoms with Gasteiger partial charge in [0.1, 0.15) is 5.82 Å². The first kappa shape index (κ1) is 20.4. The van der Waals surface area contributed by atoms with Crippen LogP contribution >= 0.6 is 0 Å². The van der Waals surface area contributed by atoms with E-state index in [0.717, 1.165) is 16.6 Å². The Morgan fingerprint density at radius 2 is 1.85 bits per heavy atom. The molecule has 2 aromatic rings. The number of esters is 1. The van der Waals surface area contributed by atoms with Crippen LogP contribution in [0.15, 0.2) is 48.5 Å². The molecule has 27 heavy (non-hydrogen) atoms. The van der Waals surface area contributed by atoms with Crippen molar-refractivity contribution in [2.45, 2.75) is 6.42 Å². The molecule has 0 fully saturated rings. The molecule has 0 saturated carbocycles. The number of carbonyl (C=O) groups is 2. The molecule has 0 aliphatic rings. The van der Waals surface area contributed by atoms with E-state index in [2.05, 4.69) is 10.1 Å². The maximum Gasteiger partial charge on any atom is 0.337 e. The molecule has 0 atom stereocenters. The van der Waals surface area contributed by atoms with Crippen LogP contribution in [0.2, 0.25) is 0 Å². The number of rotatable bonds is 7. The standard InChI is InChI=1S/C18H19FN2O5S/c1-26-18(23)13-5-3-8-16(11-13)21(27(2,24)25)10-9-17(22)20-15-7-4-6-14(19)12-15/h3-8,11-12H,9-10H2,1-2H3,(H,20,22). The van der Waals surface area contributed by atoms with E-state index in [9.17, 15) is 22.4 Å². The second-order valence-corrected chi connectivity index (χ2v) is 7.59. The number of carbonyl (C=O) groups excluding carboxylic acids is 2. The molecule has 0 unspecified atom stereocenters. The third-order valence-corrected chi connectivity index (χ3v) is 4.80. The van der Waals surface area contributed by atoms with Gasteiger partial charge in [0, 0.05) is 18.7 Å². The summed E-state index contributed by atoms with van der Waals surface area (Å²) < 4.78 is 43.1. The summed E-state index contributed by atoms with van der Waals surface area (Å²) in [6, 6.07) is 11.3. The van der Waals surface area contributed by atoms with Crippen LogP contribution in [0.3, 0.4) is 0 Å². The lowest BCUT2D eigenvalue weighted by Crippen LogP contribution is -2.33. The molecule has 1 N–H and O–H groups in total. The number of anilines is 2. The Morgan fingerprint density at radius 3 is 2.48 bits per heavy atom. The van der Waals surface area contributed by atoms with Crippen LogP contribution in [0, 0.1) is 5.82 Å². The van der Waals surface area contributed by atoms with E-state index in [1.54, 1.807) is 0 Å². The van der Waals surface area contributed by atoms with Gasteiger partial charge in [0.25, 0.3) is 0 Å². The van der Waals surface area contributed by atoms with Crippen molar-refractivity contribution in [2.75, 3.05) is 29.5 Å². The van der Waals surface area contributed by atoms with Crippen LogP contribution in [0.1, 0.15) is 16.8 Å². The van der Waals surface area contributed by atoms with E-state index >= 15 is 0 Å². The SMILES string of the molecule is COC(=O)c1cccc(N(CCC(=O)Nc2cccc(F)c2)S(C)(=O)=O)c1. The Bertz CT molecular complexity index is 946. The summed E-state index contributed by atoms with van der Waals surface area (Å²) in [5.74, 6) is -1.57. The lowest BCUT2D eigenvalue weighted by atomic mass is 10.2. The molecule has 0 aromatic heterocycles. The predicted molar refractivity (Wildman–Crippen MR) is 99.6 cm³/mol. The van der Waals surface area contributed by atoms with E-state index in [-0.39, 0.29) is 29.9 Å². The summed E-state index contributed by atoms with van der Waals surface area (Å²) in [6.07, 6.45) is 0.842. The zero-order valence-corrected chi connectivity index (χ0v) is 15.6. The third-order valence-electron chi connectivity index (χ3n) is 3.61. The van der Waals surface area contributed by atoms with Crippen LogP contribution < -0.4 is 9.62 Å². The monoisotopic (exact) mass is 394 g/mol. The Kier molecular flexibility index (Phi) is 6.51. The number of nitrogens with one attached hydrogen (secondary N) is 1. The molecule has 0 bridgehead atoms. The zero-order valence-electron chi connectivity index (χ0n) is 14.8. The molecule has 2 rings (SSSR count). The van der Waals surface area contributed by atoms with E-state index in [1.165, 1.54) is 49.6 Å². The van der Waals surface area contributed by atoms with Gasteiger partial charge in [-0.2, -0.15) is 0 Å². The highest BCUT2D eigenvalue weighted by Crippen LogP contribution is 2.20. The predicted octanol–water partition coefficient (Wildman–Crippen LogP) is 2.41. The molecule has 0 aliphatic carbocycles. The van der Waals surface area contributed by atoms with Gasteiger partial charge in [-0.3, -0.25) is 9.10 Å². The molecule has 0 spiro atoms. The number of hydrogen-bond donors (Lipinski definition) is 1. The molecule has 7 nitrogen and oxygen atoms in total. The van der Waals surface area contributed by atoms with Gasteiger partial charge in [-0.25, -0.2) is 17.6 Å². The van der Waals surface area contributed by atoms with Crippen molar-refractivity contribution < 1.29 is 27.1 Å². The van der Waals surface area contributed by atoms with Crippen molar-refractivity contribution >= 4 is 33.3 Å². The number of ether oxygens (including phenoxy) is 1. The average Bonchev–Trinajstić information content (AvgIpc) is 2.60. The summed E-state index contributed by atoms with van der Waals surface area (Å²) in [7, 11) is -2.48. The fourth-order valence-electron chi connectivity index (χ4n) is 2.39. The quantitative estimate of drug-likeness (QED) is 0.728. The summed E-state index contributed by atoms with van der Waals surface area (Å²) >= 11 is 0. The molecule has 144 valence electrons. The van der Waals surface area contributed by atoms with Crippen molar-refractivity contribution in [2.24, 2.45) is 0 Å². The maximum absolute atomic E-state index is 13.2. The Labute approximate surface area is 156 Å². The molecule has 0 aliphatic heterocycles. The number of benzene rings is 2. The topological polar surface area (TPSA) is 92.8 Å². The largest absolute Gasteiger partial charge is 0.465 e. The van der Waals surface area contributed by atoms with E-state index in [4.69, 9.17) is 0 Å². The second kappa shape index (κ2) is 8.63. The molecule has 2 aromatic carbocycles. The number of nitrogens with zero attached hydrogens (tertiary/aromatic N) is 1. The summed E-state index contributed by atoms with van der Waals surface area (Å²) in [6.45, 7) is -0.148. The smallest absolute Gasteiger partial charge is 0.337 e. The van der Waals surface area contributed by atoms with Crippen LogP contribution in [-0.4, -0.2) is 40.2 Å². The fraction of sp³-hybridized carbons (Fsp3) is 0.222. The van der Waals surface area contributed by atoms with E-state index in [0.29, 0.717) is 0 Å². The first-order valence-electron chi connectivity index (χ1n) is 7.92. The number of hydrogen-bond acceptors (Lipinski definition) is 5. The number of sulfonamides is 1. The normalized spacial score (nSPS) is 10.9. The van der Waals surface area contributed by atoms with Crippen molar-refractivity contribution in [3.05, 3.63) is 59.9 Å². The number of amides is 1. The van der Waals surface area contributed by atoms with Gasteiger partial charge in [0.2, 0.25) is 15.9 Å². The minimum Gasteiger partial charge on any atom is -0.465 e. The Hall–Kier alpha value is -2.94. The number of methoxy groups -OCH3 is 1. The minimum atomic E-state index is -3.70. The third kappa shape index (κ3) is 5.78. The minimum absolute atomic E-state index is 0.148. The van der Waals surface area contributed by atoms with Crippen LogP contribution in [0.25, 0.3) is 0 Å². The fourth-order valence-corrected chi connectivity index (χ4v) is 3.30. The summed E-state index contributed by atoms with van der Waals surface area (Å²) in [5.41, 5.74) is 0.699. The van der Waals surface area contributed by atoms with Crippen molar-refractivity contribution in [3.63, 3.8) is 0 Å². The van der Waals surface area contributed by atoms with Gasteiger partial charge in [0.05, 0.1) is 24.6 Å². The van der Waals surface area contributed by atoms with Gasteiger partial charge >= 0.3 is 5.97 Å². The van der Waals surface area contributed by atoms with Gasteiger partial charge < -0.3 is 10.1 Å². The van der Waals surface area contributed by atoms with Crippen molar-refractivity contribution in [1.82, 2.24) is 0 Å². The maximum atomic E-state index is 13.2. The lowest BCUT2D eigenvalue weighted by molar-refractivity contribution is -0.116. The van der Waals surface area contributed by atoms with Crippen LogP contribution in [-0.2, 0) is 19.6 Å². The highest BCUT2D eigenvalue weighted by atomic mass is 32.2. The van der Waals surface area contributed by atoms with Crippen LogP contribution in [0.4, 0.5) is 15.8 Å². The average molecular weight is 394 g/mol. The molecular weight excluding hydrogens is 375 g/mol. The Morgan fingerprint density at radius 1 is 1.15 bits per heavy atom. The van der Waals surface area contributed by atoms with Crippen LogP contribution in [0.5, 0.6) is 0 Å². The van der Waals surface area contributed by atoms with Gasteiger partial charge in [-0.15, -0.1) is 0 Å². The van der Waals surface area contributed by atoms with Gasteiger partial charge in [-0.1, -0.05) is 12.1 Å². The Balaban J connectivity index is 2.14. The molecule has 0 radical (unpaired) electrons. The summed E-state index contributed by atoms with van der Waals surface area (Å²) in [4.78, 5) is 23.7. The van der Waals surface area contributed by atoms with E-state index < -0.39 is 27.7 Å². The molecule has 1 amide bonds. The highest BCUT2D eigenvalue weighted by molar-refractivity contribution is 7.92. The summed E-state index contributed by atoms with van der Waals surface area (Å²) in [5, 5.41) is 2.51. The van der Waals surface area contributed by atoms with Crippen molar-refractivity contribution in [3.8, 4) is 0 Å². The van der Waals surface area contributed by atoms with Gasteiger partial charge in [-0.05, 0) is 36.4 Å². The lowest BCUT2D eigenvalue weighted by Gasteiger charge is -2.22. The first-order valence-corrected chi connectivity index (χ1v) is 9.77. The molecule has 0 saturated heterocycles. The molecular formula is C18H19FN2O5S. The molecule has 0 heterocycles. The first-order chi connectivity index (χ1) is 12.7. The van der Waals surface area contributed by atoms with E-state index in [1.807, 2.05) is 0 Å². The second-order valence-electron chi connectivity index (χ2n) is 5.69. The van der Waals surface area contributed by atoms with Gasteiger partial charge in [0.15, 0.2) is 0 Å². The zero-order chi connectivity index (χ0) is 20.0. The van der Waals surface area contributed by atoms with Crippen molar-refractivity contribution in [1.29, 1.82) is 0 Å². The molecule has 9 heteroatoms. The highest BCUT2D eigenvalue weighted by Gasteiger charge is 2.20. The number of halogens is 1.